The number of nitrogens with one attached hydrogen (secondary N) is 2. The molecule has 3 aromatic carbocycles. The maximum Gasteiger partial charge on any atom is 0.123 e. The summed E-state index contributed by atoms with van der Waals surface area (Å²) in [5.41, 5.74) is 14.2. The number of halogens is 1. The Kier molecular flexibility index (Phi) is 4.04. The van der Waals surface area contributed by atoms with Crippen LogP contribution in [0, 0.1) is 5.82 Å². The fraction of sp³-hybridized carbons (Fsp3) is 0. The third kappa shape index (κ3) is 3.01. The van der Waals surface area contributed by atoms with Gasteiger partial charge in [-0.3, -0.25) is 10.1 Å². The molecule has 0 aliphatic carbocycles. The number of aromatic nitrogens is 4. The Morgan fingerprint density at radius 1 is 0.750 bits per heavy atom. The fourth-order valence-electron chi connectivity index (χ4n) is 4.18. The number of nitrogens with zero attached hydrogens (tertiary/aromatic N) is 2. The topological polar surface area (TPSA) is 83.4 Å². The molecule has 6 aromatic rings. The van der Waals surface area contributed by atoms with E-state index in [1.165, 1.54) is 12.1 Å². The summed E-state index contributed by atoms with van der Waals surface area (Å²) in [5.74, 6) is -0.246. The summed E-state index contributed by atoms with van der Waals surface area (Å²) in [7, 11) is 0. The SMILES string of the molecule is Nc1cncc(-c2ccc3[nH]nc(-c4cc5c(-c6ccc(F)cc6)cccc5[nH]4)c3c2)c1. The van der Waals surface area contributed by atoms with E-state index in [2.05, 4.69) is 32.3 Å². The van der Waals surface area contributed by atoms with Crippen LogP contribution in [0.15, 0.2) is 85.2 Å². The molecule has 0 amide bonds. The fourth-order valence-corrected chi connectivity index (χ4v) is 4.18. The maximum atomic E-state index is 13.4. The first kappa shape index (κ1) is 18.3. The average Bonchev–Trinajstić information content (AvgIpc) is 3.43. The molecule has 0 aliphatic rings. The third-order valence-electron chi connectivity index (χ3n) is 5.73. The zero-order chi connectivity index (χ0) is 21.7. The predicted octanol–water partition coefficient (Wildman–Crippen LogP) is 6.16. The summed E-state index contributed by atoms with van der Waals surface area (Å²) in [5, 5.41) is 9.76. The van der Waals surface area contributed by atoms with Crippen LogP contribution in [0.1, 0.15) is 0 Å². The minimum atomic E-state index is -0.246. The highest BCUT2D eigenvalue weighted by Crippen LogP contribution is 2.35. The van der Waals surface area contributed by atoms with Crippen molar-refractivity contribution in [3.8, 4) is 33.6 Å². The molecule has 0 unspecified atom stereocenters. The van der Waals surface area contributed by atoms with Crippen LogP contribution in [-0.2, 0) is 0 Å². The second-order valence-corrected chi connectivity index (χ2v) is 7.80. The predicted molar refractivity (Wildman–Crippen MR) is 126 cm³/mol. The first-order valence-electron chi connectivity index (χ1n) is 10.2. The van der Waals surface area contributed by atoms with Crippen LogP contribution in [0.2, 0.25) is 0 Å². The maximum absolute atomic E-state index is 13.4. The van der Waals surface area contributed by atoms with E-state index >= 15 is 0 Å². The monoisotopic (exact) mass is 419 g/mol. The Morgan fingerprint density at radius 2 is 1.59 bits per heavy atom. The lowest BCUT2D eigenvalue weighted by atomic mass is 10.0. The quantitative estimate of drug-likeness (QED) is 0.321. The van der Waals surface area contributed by atoms with Crippen molar-refractivity contribution >= 4 is 27.5 Å². The van der Waals surface area contributed by atoms with Gasteiger partial charge >= 0.3 is 0 Å². The first-order chi connectivity index (χ1) is 15.7. The molecule has 0 saturated heterocycles. The largest absolute Gasteiger partial charge is 0.397 e. The standard InChI is InChI=1S/C26H18FN5/c27-18-7-4-15(5-8-18)20-2-1-3-23-21(20)12-25(30-23)26-22-11-16(6-9-24(22)31-32-26)17-10-19(28)14-29-13-17/h1-14,30H,28H2,(H,31,32). The number of H-pyrrole nitrogens is 2. The van der Waals surface area contributed by atoms with Gasteiger partial charge in [0.25, 0.3) is 0 Å². The van der Waals surface area contributed by atoms with Crippen LogP contribution < -0.4 is 5.73 Å². The van der Waals surface area contributed by atoms with Crippen molar-refractivity contribution < 1.29 is 4.39 Å². The van der Waals surface area contributed by atoms with E-state index < -0.39 is 0 Å². The minimum absolute atomic E-state index is 0.246. The van der Waals surface area contributed by atoms with E-state index in [1.54, 1.807) is 24.5 Å². The number of hydrogen-bond acceptors (Lipinski definition) is 3. The van der Waals surface area contributed by atoms with Crippen LogP contribution in [-0.4, -0.2) is 20.2 Å². The number of hydrogen-bond donors (Lipinski definition) is 3. The van der Waals surface area contributed by atoms with Gasteiger partial charge in [0.15, 0.2) is 0 Å². The summed E-state index contributed by atoms with van der Waals surface area (Å²) < 4.78 is 13.4. The van der Waals surface area contributed by atoms with Gasteiger partial charge in [-0.2, -0.15) is 5.10 Å². The van der Waals surface area contributed by atoms with Crippen molar-refractivity contribution in [2.45, 2.75) is 0 Å². The van der Waals surface area contributed by atoms with E-state index in [9.17, 15) is 4.39 Å². The number of fused-ring (bicyclic) bond motifs is 2. The second kappa shape index (κ2) is 7.06. The average molecular weight is 419 g/mol. The molecule has 4 N–H and O–H groups in total. The molecule has 0 fully saturated rings. The number of rotatable bonds is 3. The summed E-state index contributed by atoms with van der Waals surface area (Å²) >= 11 is 0. The lowest BCUT2D eigenvalue weighted by molar-refractivity contribution is 0.628. The lowest BCUT2D eigenvalue weighted by Crippen LogP contribution is -1.87. The highest BCUT2D eigenvalue weighted by Gasteiger charge is 2.14. The van der Waals surface area contributed by atoms with Gasteiger partial charge in [0.1, 0.15) is 11.5 Å². The molecule has 0 atom stereocenters. The number of nitrogens with two attached hydrogens (primary N) is 1. The van der Waals surface area contributed by atoms with E-state index in [1.807, 2.05) is 36.4 Å². The van der Waals surface area contributed by atoms with Crippen LogP contribution in [0.4, 0.5) is 10.1 Å². The van der Waals surface area contributed by atoms with E-state index in [-0.39, 0.29) is 5.82 Å². The normalized spacial score (nSPS) is 11.4. The third-order valence-corrected chi connectivity index (χ3v) is 5.73. The van der Waals surface area contributed by atoms with Crippen LogP contribution in [0.3, 0.4) is 0 Å². The number of pyridine rings is 1. The Hall–Kier alpha value is -4.45. The Bertz CT molecular complexity index is 1590. The molecule has 6 heteroatoms. The van der Waals surface area contributed by atoms with Gasteiger partial charge in [0.2, 0.25) is 0 Å². The number of aromatic amines is 2. The van der Waals surface area contributed by atoms with Gasteiger partial charge < -0.3 is 10.7 Å². The van der Waals surface area contributed by atoms with Crippen LogP contribution in [0.5, 0.6) is 0 Å². The van der Waals surface area contributed by atoms with Gasteiger partial charge in [-0.25, -0.2) is 4.39 Å². The molecule has 0 spiro atoms. The zero-order valence-corrected chi connectivity index (χ0v) is 16.9. The Morgan fingerprint density at radius 3 is 2.44 bits per heavy atom. The summed E-state index contributed by atoms with van der Waals surface area (Å²) in [6.07, 6.45) is 3.43. The van der Waals surface area contributed by atoms with Gasteiger partial charge in [-0.1, -0.05) is 30.3 Å². The second-order valence-electron chi connectivity index (χ2n) is 7.80. The molecular formula is C26H18FN5. The zero-order valence-electron chi connectivity index (χ0n) is 16.9. The van der Waals surface area contributed by atoms with E-state index in [4.69, 9.17) is 5.73 Å². The molecule has 5 nitrogen and oxygen atoms in total. The number of benzene rings is 3. The van der Waals surface area contributed by atoms with Crippen LogP contribution in [0.25, 0.3) is 55.4 Å². The van der Waals surface area contributed by atoms with E-state index in [0.717, 1.165) is 55.4 Å². The van der Waals surface area contributed by atoms with Gasteiger partial charge in [0, 0.05) is 34.2 Å². The molecule has 0 radical (unpaired) electrons. The van der Waals surface area contributed by atoms with Crippen molar-refractivity contribution in [3.63, 3.8) is 0 Å². The summed E-state index contributed by atoms with van der Waals surface area (Å²) in [4.78, 5) is 7.69. The van der Waals surface area contributed by atoms with Crippen molar-refractivity contribution in [1.29, 1.82) is 0 Å². The molecule has 0 bridgehead atoms. The highest BCUT2D eigenvalue weighted by atomic mass is 19.1. The van der Waals surface area contributed by atoms with Gasteiger partial charge in [-0.15, -0.1) is 0 Å². The molecular weight excluding hydrogens is 401 g/mol. The number of anilines is 1. The molecule has 6 rings (SSSR count). The first-order valence-corrected chi connectivity index (χ1v) is 10.2. The molecule has 0 aliphatic heterocycles. The summed E-state index contributed by atoms with van der Waals surface area (Å²) in [6.45, 7) is 0. The van der Waals surface area contributed by atoms with Crippen molar-refractivity contribution in [1.82, 2.24) is 20.2 Å². The van der Waals surface area contributed by atoms with Crippen molar-refractivity contribution in [3.05, 3.63) is 91.0 Å². The molecule has 0 saturated carbocycles. The van der Waals surface area contributed by atoms with Crippen molar-refractivity contribution in [2.75, 3.05) is 5.73 Å². The van der Waals surface area contributed by atoms with Crippen molar-refractivity contribution in [2.24, 2.45) is 0 Å². The number of nitrogen functional groups attached to an aromatic ring is 1. The molecule has 32 heavy (non-hydrogen) atoms. The summed E-state index contributed by atoms with van der Waals surface area (Å²) in [6, 6.07) is 22.8. The Labute approximate surface area is 182 Å². The Balaban J connectivity index is 1.50. The molecule has 154 valence electrons. The highest BCUT2D eigenvalue weighted by molar-refractivity contribution is 6.01. The minimum Gasteiger partial charge on any atom is -0.397 e. The van der Waals surface area contributed by atoms with Gasteiger partial charge in [-0.05, 0) is 59.2 Å². The smallest absolute Gasteiger partial charge is 0.123 e. The molecule has 3 aromatic heterocycles. The lowest BCUT2D eigenvalue weighted by Gasteiger charge is -2.03. The molecule has 3 heterocycles. The van der Waals surface area contributed by atoms with E-state index in [0.29, 0.717) is 5.69 Å². The van der Waals surface area contributed by atoms with Crippen LogP contribution >= 0.6 is 0 Å². The van der Waals surface area contributed by atoms with Gasteiger partial charge in [0.05, 0.1) is 16.9 Å².